The highest BCUT2D eigenvalue weighted by molar-refractivity contribution is 7.86. The summed E-state index contributed by atoms with van der Waals surface area (Å²) in [4.78, 5) is 44.7. The van der Waals surface area contributed by atoms with E-state index in [1.807, 2.05) is 97.1 Å². The molecule has 0 spiro atoms. The Morgan fingerprint density at radius 3 is 0.991 bits per heavy atom. The quantitative estimate of drug-likeness (QED) is 0.0103. The second-order valence-corrected chi connectivity index (χ2v) is 49.8. The summed E-state index contributed by atoms with van der Waals surface area (Å²) in [6.07, 6.45) is 3.29. The normalized spacial score (nSPS) is 16.1. The number of fused-ring (bicyclic) bond motifs is 14. The SMILES string of the molecule is CC(=O)CCOCCOCCOCC[N+](CCCCS(=O)(=O)O)(CCCCS(=O)(=O)O)CCC[Si](C)(C)O[Si]1(O[Si](C)(C)CCC[N+](CCCCS(=O)(=O)O)(CCCCS(=O)(=O)O)CCCCS(=O)(=O)O)n2c3c4ccccc4c2N=C2N=C(N=c4c5ccccc5c(n41)=NC1=NC(=N3)c3ccccc31)c1ccccc12. The molecule has 0 aliphatic carbocycles. The molecular formula is C72H104N10O21S5Si3+2. The summed E-state index contributed by atoms with van der Waals surface area (Å²) in [5.74, 6) is -0.237. The number of rotatable bonds is 49. The topological polar surface area (TPSA) is 419 Å². The number of benzene rings is 4. The van der Waals surface area contributed by atoms with Gasteiger partial charge in [-0.05, 0) is 122 Å². The van der Waals surface area contributed by atoms with E-state index in [1.54, 1.807) is 0 Å². The molecule has 0 saturated heterocycles. The number of carbonyl (C=O) groups is 1. The summed E-state index contributed by atoms with van der Waals surface area (Å²) in [6.45, 7) is 14.5. The van der Waals surface area contributed by atoms with Gasteiger partial charge in [-0.2, -0.15) is 42.1 Å². The van der Waals surface area contributed by atoms with Crippen LogP contribution in [0.15, 0.2) is 127 Å². The predicted octanol–water partition coefficient (Wildman–Crippen LogP) is 8.60. The van der Waals surface area contributed by atoms with E-state index in [-0.39, 0.29) is 82.0 Å². The van der Waals surface area contributed by atoms with Gasteiger partial charge in [0.1, 0.15) is 34.9 Å². The van der Waals surface area contributed by atoms with Gasteiger partial charge < -0.3 is 31.4 Å². The van der Waals surface area contributed by atoms with Crippen molar-refractivity contribution in [1.29, 1.82) is 0 Å². The first-order valence-electron chi connectivity index (χ1n) is 37.7. The average Bonchev–Trinajstić information content (AvgIpc) is 1.53. The monoisotopic (exact) mass is 1690 g/mol. The maximum absolute atomic E-state index is 12.2. The van der Waals surface area contributed by atoms with Crippen LogP contribution in [-0.2, 0) is 77.8 Å². The van der Waals surface area contributed by atoms with Crippen molar-refractivity contribution in [2.75, 3.05) is 121 Å². The third-order valence-corrected chi connectivity index (χ3v) is 36.1. The van der Waals surface area contributed by atoms with Crippen molar-refractivity contribution in [3.63, 3.8) is 0 Å². The van der Waals surface area contributed by atoms with Crippen LogP contribution in [0.25, 0.3) is 21.5 Å². The lowest BCUT2D eigenvalue weighted by Gasteiger charge is -2.44. The number of nitrogens with zero attached hydrogens (tertiary/aromatic N) is 10. The number of hydrogen-bond donors (Lipinski definition) is 5. The van der Waals surface area contributed by atoms with Gasteiger partial charge in [-0.3, -0.25) is 36.0 Å². The number of ketones is 1. The van der Waals surface area contributed by atoms with Crippen molar-refractivity contribution in [1.82, 2.24) is 8.47 Å². The van der Waals surface area contributed by atoms with Crippen LogP contribution in [0, 0.1) is 0 Å². The van der Waals surface area contributed by atoms with Crippen LogP contribution in [0.3, 0.4) is 0 Å². The molecule has 31 nitrogen and oxygen atoms in total. The van der Waals surface area contributed by atoms with Crippen molar-refractivity contribution in [3.05, 3.63) is 130 Å². The number of amidine groups is 4. The van der Waals surface area contributed by atoms with Crippen molar-refractivity contribution in [2.45, 2.75) is 129 Å². The summed E-state index contributed by atoms with van der Waals surface area (Å²) in [5, 5.41) is 2.69. The van der Waals surface area contributed by atoms with Gasteiger partial charge in [-0.15, -0.1) is 0 Å². The second-order valence-electron chi connectivity index (χ2n) is 30.3. The lowest BCUT2D eigenvalue weighted by Crippen LogP contribution is -2.70. The molecule has 6 heterocycles. The van der Waals surface area contributed by atoms with Crippen LogP contribution in [-0.4, -0.2) is 258 Å². The highest BCUT2D eigenvalue weighted by atomic mass is 32.2. The fourth-order valence-corrected chi connectivity index (χ4v) is 30.6. The van der Waals surface area contributed by atoms with E-state index < -0.39 is 105 Å². The molecule has 0 fully saturated rings. The van der Waals surface area contributed by atoms with Gasteiger partial charge in [-0.1, -0.05) is 97.1 Å². The van der Waals surface area contributed by atoms with Gasteiger partial charge in [0.05, 0.1) is 114 Å². The molecule has 0 saturated carbocycles. The minimum absolute atomic E-state index is 0.0166. The molecule has 1 unspecified atom stereocenters. The molecule has 39 heteroatoms. The molecule has 5 N–H and O–H groups in total. The summed E-state index contributed by atoms with van der Waals surface area (Å²) in [7, 11) is -33.7. The number of Topliss-reactive ketones (excluding diaryl/α,β-unsaturated/α-hetero) is 1. The summed E-state index contributed by atoms with van der Waals surface area (Å²) in [5.41, 5.74) is 3.66. The lowest BCUT2D eigenvalue weighted by atomic mass is 10.1. The largest absolute Gasteiger partial charge is 0.582 e. The third-order valence-electron chi connectivity index (χ3n) is 20.4. The zero-order valence-electron chi connectivity index (χ0n) is 63.6. The van der Waals surface area contributed by atoms with Gasteiger partial charge >= 0.3 is 8.88 Å². The number of aromatic nitrogens is 2. The molecule has 6 aromatic rings. The van der Waals surface area contributed by atoms with Crippen molar-refractivity contribution < 1.29 is 101 Å². The molecule has 0 amide bonds. The molecule has 4 aliphatic rings. The Kier molecular flexibility index (Phi) is 29.2. The van der Waals surface area contributed by atoms with Crippen LogP contribution >= 0.6 is 0 Å². The number of ether oxygens (including phenoxy) is 3. The minimum Gasteiger partial charge on any atom is -0.404 e. The Balaban J connectivity index is 1.14. The third kappa shape index (κ3) is 24.5. The first-order valence-corrected chi connectivity index (χ1v) is 53.7. The minimum atomic E-state index is -4.96. The average molecular weight is 1690 g/mol. The smallest absolute Gasteiger partial charge is 0.404 e. The van der Waals surface area contributed by atoms with Gasteiger partial charge in [0, 0.05) is 50.2 Å². The van der Waals surface area contributed by atoms with E-state index in [4.69, 9.17) is 52.4 Å². The number of aliphatic imine (C=N–C) groups is 4. The molecule has 6 bridgehead atoms. The Hall–Kier alpha value is -6.17. The number of hydrogen-bond acceptors (Lipinski definition) is 22. The van der Waals surface area contributed by atoms with E-state index in [0.717, 1.165) is 0 Å². The standard InChI is InChI=1S/C72H102N10O21S5Si3/c1-56(83)34-43-99-45-47-101-48-46-100-44-42-82(38-17-22-52-107(93,94)95,39-18-23-53-108(96,97)98)41-25-55-110(4,5)103-111(102-109(2,3)54-24-40-81(35-14-19-49-104(84,85)86,36-15-20-50-105(87,88)89)37-16-21-51-106(90,91)92)79-69-61-30-10-11-31-62(61)71(79)77-67-59-28-8-9-29-60(59)68(74-67)78-72-64-33-13-12-32-63(64)70(80(72)111)76-66-58-27-7-6-26-57(58)65(73-66)75-69/h6-13,26-33H,14-25,34-55H2,1-5H3,(H3-2,84,85,86,87,88,89,90,91,92,93,94,95,96,97,98)/p+2. The fourth-order valence-electron chi connectivity index (χ4n) is 15.2. The maximum Gasteiger partial charge on any atom is 0.582 e. The fraction of sp³-hybridized carbons (Fsp3) is 0.542. The van der Waals surface area contributed by atoms with Crippen LogP contribution in [0.1, 0.15) is 113 Å². The van der Waals surface area contributed by atoms with Crippen LogP contribution in [0.2, 0.25) is 38.3 Å². The molecule has 111 heavy (non-hydrogen) atoms. The van der Waals surface area contributed by atoms with E-state index >= 15 is 0 Å². The molecular weight excluding hydrogens is 1590 g/mol. The molecule has 2 aromatic heterocycles. The Bertz CT molecular complexity index is 4930. The molecule has 4 aromatic carbocycles. The van der Waals surface area contributed by atoms with Crippen molar-refractivity contribution >= 4 is 138 Å². The number of unbranched alkanes of at least 4 members (excludes halogenated alkanes) is 5. The number of carbonyl (C=O) groups excluding carboxylic acids is 1. The maximum atomic E-state index is 12.2. The summed E-state index contributed by atoms with van der Waals surface area (Å²) < 4.78 is 211. The summed E-state index contributed by atoms with van der Waals surface area (Å²) in [6, 6.07) is 31.9. The molecule has 0 radical (unpaired) electrons. The molecule has 608 valence electrons. The highest BCUT2D eigenvalue weighted by Crippen LogP contribution is 2.46. The molecule has 10 rings (SSSR count). The van der Waals surface area contributed by atoms with E-state index in [2.05, 4.69) is 34.7 Å². The van der Waals surface area contributed by atoms with Crippen molar-refractivity contribution in [2.24, 2.45) is 30.0 Å². The Labute approximate surface area is 653 Å². The van der Waals surface area contributed by atoms with Crippen LogP contribution in [0.4, 0.5) is 11.6 Å². The zero-order valence-corrected chi connectivity index (χ0v) is 70.6. The first-order chi connectivity index (χ1) is 52.4. The highest BCUT2D eigenvalue weighted by Gasteiger charge is 2.58. The Morgan fingerprint density at radius 1 is 0.369 bits per heavy atom. The van der Waals surface area contributed by atoms with E-state index in [1.165, 1.54) is 6.92 Å². The summed E-state index contributed by atoms with van der Waals surface area (Å²) >= 11 is 0. The van der Waals surface area contributed by atoms with Gasteiger partial charge in [0.15, 0.2) is 40.0 Å². The van der Waals surface area contributed by atoms with E-state index in [0.29, 0.717) is 210 Å². The predicted molar refractivity (Wildman–Crippen MR) is 433 cm³/mol. The molecule has 4 aliphatic heterocycles. The lowest BCUT2D eigenvalue weighted by molar-refractivity contribution is -0.929. The first kappa shape index (κ1) is 87.2. The molecule has 1 atom stereocenters. The van der Waals surface area contributed by atoms with Gasteiger partial charge in [-0.25, -0.2) is 30.0 Å². The van der Waals surface area contributed by atoms with E-state index in [9.17, 15) is 69.6 Å². The van der Waals surface area contributed by atoms with Gasteiger partial charge in [0.2, 0.25) is 0 Å². The van der Waals surface area contributed by atoms with Gasteiger partial charge in [0.25, 0.3) is 50.6 Å². The van der Waals surface area contributed by atoms with Crippen LogP contribution in [0.5, 0.6) is 0 Å². The Morgan fingerprint density at radius 2 is 0.658 bits per heavy atom. The van der Waals surface area contributed by atoms with Crippen molar-refractivity contribution in [3.8, 4) is 0 Å². The van der Waals surface area contributed by atoms with Crippen LogP contribution < -0.4 is 11.0 Å². The zero-order chi connectivity index (χ0) is 80.1. The second kappa shape index (κ2) is 37.2. The number of quaternary nitrogens is 2.